The van der Waals surface area contributed by atoms with Crippen LogP contribution in [-0.4, -0.2) is 69.6 Å². The molecule has 216 valence electrons. The zero-order valence-electron chi connectivity index (χ0n) is 23.9. The third-order valence-corrected chi connectivity index (χ3v) is 8.29. The molecule has 41 heavy (non-hydrogen) atoms. The smallest absolute Gasteiger partial charge is 0.362 e. The highest BCUT2D eigenvalue weighted by atomic mass is 32.3. The lowest BCUT2D eigenvalue weighted by atomic mass is 10.2. The molecule has 1 aliphatic rings. The van der Waals surface area contributed by atoms with Gasteiger partial charge in [0.15, 0.2) is 0 Å². The van der Waals surface area contributed by atoms with Crippen LogP contribution in [0.1, 0.15) is 41.6 Å². The molecule has 0 saturated heterocycles. The van der Waals surface area contributed by atoms with E-state index in [0.717, 1.165) is 24.1 Å². The van der Waals surface area contributed by atoms with Crippen molar-refractivity contribution >= 4 is 37.9 Å². The van der Waals surface area contributed by atoms with E-state index >= 15 is 0 Å². The second-order valence-electron chi connectivity index (χ2n) is 11.1. The van der Waals surface area contributed by atoms with E-state index in [4.69, 9.17) is 19.2 Å². The van der Waals surface area contributed by atoms with E-state index in [1.54, 1.807) is 35.9 Å². The summed E-state index contributed by atoms with van der Waals surface area (Å²) < 4.78 is 20.8. The molecule has 0 N–H and O–H groups in total. The van der Waals surface area contributed by atoms with Gasteiger partial charge in [0.1, 0.15) is 24.4 Å². The van der Waals surface area contributed by atoms with Gasteiger partial charge in [0.05, 0.1) is 48.5 Å². The van der Waals surface area contributed by atoms with Gasteiger partial charge in [0, 0.05) is 17.2 Å². The van der Waals surface area contributed by atoms with Crippen molar-refractivity contribution in [2.24, 2.45) is 5.92 Å². The molecule has 11 heteroatoms. The molecule has 1 aliphatic carbocycles. The molecule has 0 bridgehead atoms. The minimum atomic E-state index is -0.769. The Morgan fingerprint density at radius 1 is 1.17 bits per heavy atom. The maximum absolute atomic E-state index is 13.1. The molecule has 5 rings (SSSR count). The fraction of sp³-hybridized carbons (Fsp3) is 0.433. The van der Waals surface area contributed by atoms with E-state index in [0.29, 0.717) is 52.7 Å². The number of hydrogen-bond donors (Lipinski definition) is 0. The van der Waals surface area contributed by atoms with Gasteiger partial charge in [0.25, 0.3) is 0 Å². The highest BCUT2D eigenvalue weighted by molar-refractivity contribution is 8.32. The van der Waals surface area contributed by atoms with Crippen molar-refractivity contribution in [1.29, 1.82) is 5.26 Å². The van der Waals surface area contributed by atoms with Crippen molar-refractivity contribution in [3.63, 3.8) is 0 Å². The van der Waals surface area contributed by atoms with Crippen LogP contribution in [-0.2, 0) is 22.7 Å². The number of carbonyl (C=O) groups excluding carboxylic acids is 1. The van der Waals surface area contributed by atoms with Crippen molar-refractivity contribution < 1.29 is 19.0 Å². The molecule has 0 atom stereocenters. The number of benzene rings is 2. The quantitative estimate of drug-likeness (QED) is 0.181. The molecule has 0 amide bonds. The normalized spacial score (nSPS) is 13.8. The Morgan fingerprint density at radius 2 is 1.95 bits per heavy atom. The molecule has 1 saturated carbocycles. The van der Waals surface area contributed by atoms with Gasteiger partial charge in [-0.2, -0.15) is 10.4 Å². The van der Waals surface area contributed by atoms with E-state index in [-0.39, 0.29) is 25.6 Å². The third-order valence-electron chi connectivity index (χ3n) is 6.90. The molecule has 0 spiro atoms. The van der Waals surface area contributed by atoms with Crippen LogP contribution >= 0.6 is 10.0 Å². The SMILES string of the molecule is CCOC(=O)c1nn(Cc2nc3cc(C#N)c(OCC4CC4)cc3n2COCCS(C)(C)C)c2ccccc2c1=O. The minimum absolute atomic E-state index is 0.128. The van der Waals surface area contributed by atoms with Crippen LogP contribution < -0.4 is 10.2 Å². The van der Waals surface area contributed by atoms with E-state index in [9.17, 15) is 14.9 Å². The van der Waals surface area contributed by atoms with Crippen LogP contribution in [0.25, 0.3) is 21.9 Å². The van der Waals surface area contributed by atoms with E-state index in [1.165, 1.54) is 0 Å². The highest BCUT2D eigenvalue weighted by Crippen LogP contribution is 2.34. The fourth-order valence-corrected chi connectivity index (χ4v) is 5.07. The monoisotopic (exact) mass is 577 g/mol. The lowest BCUT2D eigenvalue weighted by Gasteiger charge is -2.24. The summed E-state index contributed by atoms with van der Waals surface area (Å²) in [5, 5.41) is 14.6. The first-order valence-corrected chi connectivity index (χ1v) is 16.7. The molecule has 1 fully saturated rings. The number of aromatic nitrogens is 4. The summed E-state index contributed by atoms with van der Waals surface area (Å²) in [7, 11) is -0.731. The summed E-state index contributed by atoms with van der Waals surface area (Å²) in [6.45, 7) is 3.36. The summed E-state index contributed by atoms with van der Waals surface area (Å²) >= 11 is 0. The molecule has 0 radical (unpaired) electrons. The number of hydrogen-bond acceptors (Lipinski definition) is 8. The molecule has 0 unspecified atom stereocenters. The van der Waals surface area contributed by atoms with Crippen LogP contribution in [0.3, 0.4) is 0 Å². The van der Waals surface area contributed by atoms with Crippen molar-refractivity contribution in [3.8, 4) is 11.8 Å². The molecular formula is C30H35N5O5S. The predicted octanol–water partition coefficient (Wildman–Crippen LogP) is 4.30. The largest absolute Gasteiger partial charge is 0.492 e. The van der Waals surface area contributed by atoms with Gasteiger partial charge in [-0.1, -0.05) is 12.1 Å². The van der Waals surface area contributed by atoms with Gasteiger partial charge in [-0.05, 0) is 62.6 Å². The Kier molecular flexibility index (Phi) is 8.33. The maximum atomic E-state index is 13.1. The van der Waals surface area contributed by atoms with E-state index in [2.05, 4.69) is 29.9 Å². The maximum Gasteiger partial charge on any atom is 0.362 e. The number of rotatable bonds is 12. The number of fused-ring (bicyclic) bond motifs is 2. The first kappa shape index (κ1) is 28.6. The van der Waals surface area contributed by atoms with Crippen LogP contribution in [0, 0.1) is 17.2 Å². The number of nitriles is 1. The number of para-hydroxylation sites is 1. The predicted molar refractivity (Wildman–Crippen MR) is 160 cm³/mol. The number of ether oxygens (including phenoxy) is 3. The van der Waals surface area contributed by atoms with Gasteiger partial charge in [-0.3, -0.25) is 9.48 Å². The Hall–Kier alpha value is -3.88. The zero-order valence-corrected chi connectivity index (χ0v) is 24.7. The van der Waals surface area contributed by atoms with Crippen LogP contribution in [0.15, 0.2) is 41.2 Å². The Labute approximate surface area is 240 Å². The summed E-state index contributed by atoms with van der Waals surface area (Å²) in [5.74, 6) is 1.85. The summed E-state index contributed by atoms with van der Waals surface area (Å²) in [5.41, 5.74) is 1.61. The first-order valence-electron chi connectivity index (χ1n) is 13.6. The van der Waals surface area contributed by atoms with E-state index in [1.807, 2.05) is 16.7 Å². The van der Waals surface area contributed by atoms with Gasteiger partial charge in [-0.25, -0.2) is 19.8 Å². The van der Waals surface area contributed by atoms with Crippen molar-refractivity contribution in [2.45, 2.75) is 33.0 Å². The summed E-state index contributed by atoms with van der Waals surface area (Å²) in [6, 6.07) is 12.8. The summed E-state index contributed by atoms with van der Waals surface area (Å²) in [4.78, 5) is 30.6. The number of nitrogens with zero attached hydrogens (tertiary/aromatic N) is 5. The minimum Gasteiger partial charge on any atom is -0.492 e. The number of esters is 1. The topological polar surface area (TPSA) is 121 Å². The molecular weight excluding hydrogens is 542 g/mol. The number of imidazole rings is 1. The molecule has 2 heterocycles. The molecule has 10 nitrogen and oxygen atoms in total. The van der Waals surface area contributed by atoms with Crippen molar-refractivity contribution in [1.82, 2.24) is 19.3 Å². The average molecular weight is 578 g/mol. The van der Waals surface area contributed by atoms with Crippen molar-refractivity contribution in [2.75, 3.05) is 44.3 Å². The average Bonchev–Trinajstić information content (AvgIpc) is 3.72. The molecule has 2 aromatic heterocycles. The second kappa shape index (κ2) is 11.9. The molecule has 0 aliphatic heterocycles. The van der Waals surface area contributed by atoms with Gasteiger partial charge in [0.2, 0.25) is 11.1 Å². The lowest BCUT2D eigenvalue weighted by molar-refractivity contribution is 0.0515. The second-order valence-corrected chi connectivity index (χ2v) is 15.7. The molecule has 4 aromatic rings. The zero-order chi connectivity index (χ0) is 29.1. The van der Waals surface area contributed by atoms with Crippen LogP contribution in [0.4, 0.5) is 0 Å². The first-order chi connectivity index (χ1) is 19.7. The Balaban J connectivity index is 1.59. The van der Waals surface area contributed by atoms with E-state index < -0.39 is 21.4 Å². The lowest BCUT2D eigenvalue weighted by Crippen LogP contribution is -2.25. The fourth-order valence-electron chi connectivity index (χ4n) is 4.46. The molecule has 2 aromatic carbocycles. The van der Waals surface area contributed by atoms with Gasteiger partial charge in [-0.15, -0.1) is 0 Å². The van der Waals surface area contributed by atoms with Crippen LogP contribution in [0.5, 0.6) is 5.75 Å². The Bertz CT molecular complexity index is 1690. The standard InChI is InChI=1S/C30H35N5O5S/c1-5-39-30(37)28-29(36)22-8-6-7-9-24(22)35(33-28)17-27-32-23-14-21(16-31)26(40-18-20-10-11-20)15-25(23)34(27)19-38-12-13-41(2,3)4/h6-9,14-15,20H,5,10-13,17-19H2,1-4H3. The number of carbonyl (C=O) groups is 1. The highest BCUT2D eigenvalue weighted by Gasteiger charge is 2.24. The van der Waals surface area contributed by atoms with Crippen molar-refractivity contribution in [3.05, 3.63) is 63.7 Å². The summed E-state index contributed by atoms with van der Waals surface area (Å²) in [6.07, 6.45) is 9.02. The van der Waals surface area contributed by atoms with Gasteiger partial charge >= 0.3 is 5.97 Å². The Morgan fingerprint density at radius 3 is 2.66 bits per heavy atom. The third kappa shape index (κ3) is 6.55. The van der Waals surface area contributed by atoms with Crippen LogP contribution in [0.2, 0.25) is 0 Å². The van der Waals surface area contributed by atoms with Gasteiger partial charge < -0.3 is 18.8 Å².